The van der Waals surface area contributed by atoms with Gasteiger partial charge in [-0.3, -0.25) is 4.79 Å². The molecule has 60 valence electrons. The molecule has 0 spiro atoms. The maximum Gasteiger partial charge on any atom is 0.308 e. The molecule has 0 saturated carbocycles. The number of aromatic nitrogens is 1. The summed E-state index contributed by atoms with van der Waals surface area (Å²) >= 11 is 0. The molecule has 12 heavy (non-hydrogen) atoms. The largest absolute Gasteiger partial charge is 0.427 e. The summed E-state index contributed by atoms with van der Waals surface area (Å²) in [4.78, 5) is 14.2. The van der Waals surface area contributed by atoms with Gasteiger partial charge >= 0.3 is 5.97 Å². The molecule has 4 nitrogen and oxygen atoms in total. The van der Waals surface area contributed by atoms with E-state index in [1.807, 2.05) is 6.07 Å². The van der Waals surface area contributed by atoms with Crippen LogP contribution in [0.4, 0.5) is 0 Å². The molecule has 1 heterocycles. The van der Waals surface area contributed by atoms with Gasteiger partial charge < -0.3 is 4.74 Å². The molecule has 0 N–H and O–H groups in total. The third kappa shape index (κ3) is 2.06. The van der Waals surface area contributed by atoms with Crippen LogP contribution in [0, 0.1) is 11.3 Å². The number of hydrogen-bond acceptors (Lipinski definition) is 4. The van der Waals surface area contributed by atoms with Gasteiger partial charge in [-0.25, -0.2) is 4.98 Å². The second-order valence-corrected chi connectivity index (χ2v) is 2.08. The Bertz CT molecular complexity index is 341. The Labute approximate surface area is 69.4 Å². The van der Waals surface area contributed by atoms with E-state index in [0.717, 1.165) is 0 Å². The van der Waals surface area contributed by atoms with Gasteiger partial charge in [-0.2, -0.15) is 5.26 Å². The SMILES string of the molecule is CC(=O)Oc1ccnc(C#N)c1. The first kappa shape index (κ1) is 8.21. The number of ether oxygens (including phenoxy) is 1. The first-order valence-corrected chi connectivity index (χ1v) is 3.27. The molecule has 0 unspecified atom stereocenters. The number of carbonyl (C=O) groups excluding carboxylic acids is 1. The topological polar surface area (TPSA) is 63.0 Å². The Morgan fingerprint density at radius 3 is 3.08 bits per heavy atom. The Morgan fingerprint density at radius 1 is 1.75 bits per heavy atom. The van der Waals surface area contributed by atoms with Crippen molar-refractivity contribution < 1.29 is 9.53 Å². The first-order valence-electron chi connectivity index (χ1n) is 3.27. The monoisotopic (exact) mass is 162 g/mol. The fraction of sp³-hybridized carbons (Fsp3) is 0.125. The summed E-state index contributed by atoms with van der Waals surface area (Å²) in [5.74, 6) is -0.0702. The number of rotatable bonds is 1. The van der Waals surface area contributed by atoms with Gasteiger partial charge in [0, 0.05) is 19.2 Å². The second-order valence-electron chi connectivity index (χ2n) is 2.08. The van der Waals surface area contributed by atoms with Crippen LogP contribution >= 0.6 is 0 Å². The smallest absolute Gasteiger partial charge is 0.308 e. The van der Waals surface area contributed by atoms with Crippen molar-refractivity contribution in [3.05, 3.63) is 24.0 Å². The second kappa shape index (κ2) is 3.49. The van der Waals surface area contributed by atoms with E-state index in [1.165, 1.54) is 25.3 Å². The number of hydrogen-bond donors (Lipinski definition) is 0. The van der Waals surface area contributed by atoms with Crippen LogP contribution in [0.1, 0.15) is 12.6 Å². The zero-order chi connectivity index (χ0) is 8.97. The highest BCUT2D eigenvalue weighted by Gasteiger charge is 1.98. The van der Waals surface area contributed by atoms with Gasteiger partial charge in [0.2, 0.25) is 0 Å². The molecule has 0 aromatic carbocycles. The minimum absolute atomic E-state index is 0.230. The maximum absolute atomic E-state index is 10.5. The van der Waals surface area contributed by atoms with Gasteiger partial charge in [-0.15, -0.1) is 0 Å². The summed E-state index contributed by atoms with van der Waals surface area (Å²) in [6.07, 6.45) is 1.41. The van der Waals surface area contributed by atoms with Crippen molar-refractivity contribution in [3.8, 4) is 11.8 Å². The van der Waals surface area contributed by atoms with E-state index in [-0.39, 0.29) is 5.69 Å². The quantitative estimate of drug-likeness (QED) is 0.575. The number of pyridine rings is 1. The molecule has 1 rings (SSSR count). The van der Waals surface area contributed by atoms with Gasteiger partial charge in [0.15, 0.2) is 0 Å². The molecule has 1 aromatic heterocycles. The molecule has 0 fully saturated rings. The van der Waals surface area contributed by atoms with Crippen LogP contribution in [0.15, 0.2) is 18.3 Å². The molecule has 0 aliphatic heterocycles. The average molecular weight is 162 g/mol. The van der Waals surface area contributed by atoms with E-state index in [9.17, 15) is 4.79 Å². The predicted molar refractivity (Wildman–Crippen MR) is 40.3 cm³/mol. The molecular formula is C8H6N2O2. The first-order chi connectivity index (χ1) is 5.72. The lowest BCUT2D eigenvalue weighted by molar-refractivity contribution is -0.131. The molecule has 4 heteroatoms. The van der Waals surface area contributed by atoms with Crippen molar-refractivity contribution in [2.24, 2.45) is 0 Å². The maximum atomic E-state index is 10.5. The van der Waals surface area contributed by atoms with E-state index in [1.54, 1.807) is 0 Å². The fourth-order valence-corrected chi connectivity index (χ4v) is 0.702. The van der Waals surface area contributed by atoms with Gasteiger partial charge in [0.05, 0.1) is 0 Å². The van der Waals surface area contributed by atoms with Gasteiger partial charge in [0.25, 0.3) is 0 Å². The van der Waals surface area contributed by atoms with Crippen LogP contribution in [0.2, 0.25) is 0 Å². The lowest BCUT2D eigenvalue weighted by Crippen LogP contribution is -2.01. The van der Waals surface area contributed by atoms with Crippen LogP contribution in [-0.2, 0) is 4.79 Å². The van der Waals surface area contributed by atoms with Crippen LogP contribution in [0.25, 0.3) is 0 Å². The Morgan fingerprint density at radius 2 is 2.50 bits per heavy atom. The summed E-state index contributed by atoms with van der Waals surface area (Å²) < 4.78 is 4.73. The number of nitriles is 1. The number of nitrogens with zero attached hydrogens (tertiary/aromatic N) is 2. The average Bonchev–Trinajstić information content (AvgIpc) is 2.03. The summed E-state index contributed by atoms with van der Waals surface area (Å²) in [7, 11) is 0. The minimum Gasteiger partial charge on any atom is -0.427 e. The molecule has 0 radical (unpaired) electrons. The number of carbonyl (C=O) groups is 1. The molecule has 0 aliphatic rings. The molecule has 1 aromatic rings. The van der Waals surface area contributed by atoms with Crippen LogP contribution in [0.3, 0.4) is 0 Å². The third-order valence-corrected chi connectivity index (χ3v) is 1.11. The zero-order valence-electron chi connectivity index (χ0n) is 6.44. The molecule has 0 atom stereocenters. The van der Waals surface area contributed by atoms with Gasteiger partial charge in [0.1, 0.15) is 17.5 Å². The van der Waals surface area contributed by atoms with Crippen molar-refractivity contribution in [2.75, 3.05) is 0 Å². The normalized spacial score (nSPS) is 8.67. The predicted octanol–water partition coefficient (Wildman–Crippen LogP) is 0.879. The Balaban J connectivity index is 2.88. The van der Waals surface area contributed by atoms with Crippen LogP contribution in [-0.4, -0.2) is 11.0 Å². The van der Waals surface area contributed by atoms with E-state index in [2.05, 4.69) is 4.98 Å². The summed E-state index contributed by atoms with van der Waals surface area (Å²) in [6, 6.07) is 4.76. The Hall–Kier alpha value is -1.89. The van der Waals surface area contributed by atoms with Crippen LogP contribution < -0.4 is 4.74 Å². The van der Waals surface area contributed by atoms with Gasteiger partial charge in [-0.1, -0.05) is 0 Å². The standard InChI is InChI=1S/C8H6N2O2/c1-6(11)12-8-2-3-10-7(4-8)5-9/h2-4H,1H3. The van der Waals surface area contributed by atoms with E-state index in [0.29, 0.717) is 5.75 Å². The highest BCUT2D eigenvalue weighted by atomic mass is 16.5. The molecule has 0 bridgehead atoms. The molecular weight excluding hydrogens is 156 g/mol. The van der Waals surface area contributed by atoms with Crippen LogP contribution in [0.5, 0.6) is 5.75 Å². The molecule has 0 aliphatic carbocycles. The highest BCUT2D eigenvalue weighted by Crippen LogP contribution is 2.09. The van der Waals surface area contributed by atoms with Crippen molar-refractivity contribution in [1.82, 2.24) is 4.98 Å². The summed E-state index contributed by atoms with van der Waals surface area (Å²) in [6.45, 7) is 1.30. The highest BCUT2D eigenvalue weighted by molar-refractivity contribution is 5.69. The van der Waals surface area contributed by atoms with Crippen molar-refractivity contribution in [3.63, 3.8) is 0 Å². The lowest BCUT2D eigenvalue weighted by Gasteiger charge is -1.98. The van der Waals surface area contributed by atoms with Crippen molar-refractivity contribution in [2.45, 2.75) is 6.92 Å². The van der Waals surface area contributed by atoms with E-state index < -0.39 is 5.97 Å². The minimum atomic E-state index is -0.412. The summed E-state index contributed by atoms with van der Waals surface area (Å²) in [5.41, 5.74) is 0.230. The molecule has 0 amide bonds. The Kier molecular flexibility index (Phi) is 2.38. The molecule has 0 saturated heterocycles. The van der Waals surface area contributed by atoms with Crippen molar-refractivity contribution in [1.29, 1.82) is 5.26 Å². The number of esters is 1. The summed E-state index contributed by atoms with van der Waals surface area (Å²) in [5, 5.41) is 8.44. The van der Waals surface area contributed by atoms with Gasteiger partial charge in [-0.05, 0) is 6.07 Å². The fourth-order valence-electron chi connectivity index (χ4n) is 0.702. The lowest BCUT2D eigenvalue weighted by atomic mass is 10.3. The van der Waals surface area contributed by atoms with E-state index in [4.69, 9.17) is 10.00 Å². The van der Waals surface area contributed by atoms with E-state index >= 15 is 0 Å². The zero-order valence-corrected chi connectivity index (χ0v) is 6.44. The van der Waals surface area contributed by atoms with Crippen molar-refractivity contribution >= 4 is 5.97 Å². The third-order valence-electron chi connectivity index (χ3n) is 1.11.